The van der Waals surface area contributed by atoms with Crippen molar-refractivity contribution in [2.75, 3.05) is 0 Å². The van der Waals surface area contributed by atoms with Crippen LogP contribution in [-0.2, 0) is 6.42 Å². The van der Waals surface area contributed by atoms with Gasteiger partial charge >= 0.3 is 0 Å². The molecule has 0 saturated carbocycles. The Balaban J connectivity index is 1.83. The van der Waals surface area contributed by atoms with Crippen LogP contribution in [-0.4, -0.2) is 19.8 Å². The van der Waals surface area contributed by atoms with Crippen molar-refractivity contribution >= 4 is 16.3 Å². The smallest absolute Gasteiger partial charge is 0.234 e. The standard InChI is InChI=1S/C14H16N4OS/c1-3-7-12-15-16-14-18(12)17-13(20-14)10(2)19-11-8-5-4-6-9-11/h4-6,8-10H,3,7H2,1-2H3. The third-order valence-electron chi connectivity index (χ3n) is 2.95. The number of nitrogens with zero attached hydrogens (tertiary/aromatic N) is 4. The highest BCUT2D eigenvalue weighted by molar-refractivity contribution is 7.16. The van der Waals surface area contributed by atoms with Crippen LogP contribution in [0.4, 0.5) is 0 Å². The van der Waals surface area contributed by atoms with E-state index in [0.29, 0.717) is 0 Å². The van der Waals surface area contributed by atoms with Crippen LogP contribution < -0.4 is 4.74 Å². The van der Waals surface area contributed by atoms with Crippen LogP contribution in [0.5, 0.6) is 5.75 Å². The molecule has 0 saturated heterocycles. The SMILES string of the molecule is CCCc1nnc2sc(C(C)Oc3ccccc3)nn12. The number of aromatic nitrogens is 4. The fraction of sp³-hybridized carbons (Fsp3) is 0.357. The van der Waals surface area contributed by atoms with Gasteiger partial charge in [0.25, 0.3) is 0 Å². The number of para-hydroxylation sites is 1. The molecule has 3 aromatic rings. The van der Waals surface area contributed by atoms with Gasteiger partial charge in [-0.25, -0.2) is 0 Å². The molecule has 1 atom stereocenters. The molecule has 0 aliphatic rings. The van der Waals surface area contributed by atoms with E-state index < -0.39 is 0 Å². The maximum atomic E-state index is 5.89. The molecule has 1 unspecified atom stereocenters. The number of benzene rings is 1. The van der Waals surface area contributed by atoms with E-state index in [1.165, 1.54) is 11.3 Å². The average molecular weight is 288 g/mol. The Morgan fingerprint density at radius 2 is 2.05 bits per heavy atom. The second kappa shape index (κ2) is 5.58. The van der Waals surface area contributed by atoms with Gasteiger partial charge in [0.05, 0.1) is 0 Å². The van der Waals surface area contributed by atoms with Crippen LogP contribution in [0.15, 0.2) is 30.3 Å². The Labute approximate surface area is 121 Å². The van der Waals surface area contributed by atoms with E-state index in [1.54, 1.807) is 0 Å². The molecule has 0 bridgehead atoms. The number of hydrogen-bond donors (Lipinski definition) is 0. The van der Waals surface area contributed by atoms with Crippen molar-refractivity contribution in [2.45, 2.75) is 32.8 Å². The molecule has 1 aromatic carbocycles. The van der Waals surface area contributed by atoms with E-state index in [1.807, 2.05) is 41.8 Å². The zero-order chi connectivity index (χ0) is 13.9. The third kappa shape index (κ3) is 2.51. The molecular formula is C14H16N4OS. The minimum Gasteiger partial charge on any atom is -0.483 e. The molecule has 6 heteroatoms. The van der Waals surface area contributed by atoms with Gasteiger partial charge in [0.15, 0.2) is 10.8 Å². The van der Waals surface area contributed by atoms with Crippen molar-refractivity contribution in [1.82, 2.24) is 19.8 Å². The Hall–Kier alpha value is -1.95. The summed E-state index contributed by atoms with van der Waals surface area (Å²) in [6.07, 6.45) is 1.82. The van der Waals surface area contributed by atoms with Gasteiger partial charge in [-0.1, -0.05) is 36.5 Å². The van der Waals surface area contributed by atoms with Crippen LogP contribution in [0.2, 0.25) is 0 Å². The summed E-state index contributed by atoms with van der Waals surface area (Å²) in [7, 11) is 0. The average Bonchev–Trinajstić information content (AvgIpc) is 3.02. The maximum Gasteiger partial charge on any atom is 0.234 e. The predicted octanol–water partition coefficient (Wildman–Crippen LogP) is 3.28. The molecule has 104 valence electrons. The first-order valence-corrected chi connectivity index (χ1v) is 7.52. The second-order valence-electron chi connectivity index (χ2n) is 4.57. The molecule has 0 aliphatic carbocycles. The minimum atomic E-state index is -0.0985. The minimum absolute atomic E-state index is 0.0985. The largest absolute Gasteiger partial charge is 0.483 e. The van der Waals surface area contributed by atoms with Crippen LogP contribution in [0.1, 0.15) is 37.2 Å². The second-order valence-corrected chi connectivity index (χ2v) is 5.56. The molecule has 0 fully saturated rings. The topological polar surface area (TPSA) is 52.3 Å². The highest BCUT2D eigenvalue weighted by Crippen LogP contribution is 2.25. The number of fused-ring (bicyclic) bond motifs is 1. The number of hydrogen-bond acceptors (Lipinski definition) is 5. The highest BCUT2D eigenvalue weighted by atomic mass is 32.1. The van der Waals surface area contributed by atoms with Crippen molar-refractivity contribution in [3.8, 4) is 5.75 Å². The number of aryl methyl sites for hydroxylation is 1. The molecule has 0 N–H and O–H groups in total. The Morgan fingerprint density at radius 1 is 1.25 bits per heavy atom. The molecule has 0 radical (unpaired) electrons. The van der Waals surface area contributed by atoms with Gasteiger partial charge in [0.2, 0.25) is 4.96 Å². The van der Waals surface area contributed by atoms with Crippen molar-refractivity contribution in [3.05, 3.63) is 41.2 Å². The van der Waals surface area contributed by atoms with Crippen LogP contribution in [0.3, 0.4) is 0 Å². The molecule has 0 amide bonds. The number of rotatable bonds is 5. The van der Waals surface area contributed by atoms with Crippen molar-refractivity contribution in [1.29, 1.82) is 0 Å². The van der Waals surface area contributed by atoms with E-state index in [9.17, 15) is 0 Å². The molecule has 2 heterocycles. The van der Waals surface area contributed by atoms with Gasteiger partial charge < -0.3 is 4.74 Å². The van der Waals surface area contributed by atoms with Crippen molar-refractivity contribution < 1.29 is 4.74 Å². The Kier molecular flexibility index (Phi) is 3.64. The summed E-state index contributed by atoms with van der Waals surface area (Å²) < 4.78 is 7.71. The first-order chi connectivity index (χ1) is 9.78. The van der Waals surface area contributed by atoms with E-state index in [2.05, 4.69) is 22.2 Å². The van der Waals surface area contributed by atoms with E-state index >= 15 is 0 Å². The van der Waals surface area contributed by atoms with Crippen molar-refractivity contribution in [2.24, 2.45) is 0 Å². The first-order valence-electron chi connectivity index (χ1n) is 6.70. The van der Waals surface area contributed by atoms with Crippen LogP contribution >= 0.6 is 11.3 Å². The summed E-state index contributed by atoms with van der Waals surface area (Å²) in [5.74, 6) is 1.76. The van der Waals surface area contributed by atoms with Gasteiger partial charge in [-0.2, -0.15) is 9.61 Å². The summed E-state index contributed by atoms with van der Waals surface area (Å²) in [6.45, 7) is 4.12. The van der Waals surface area contributed by atoms with Gasteiger partial charge in [0, 0.05) is 6.42 Å². The summed E-state index contributed by atoms with van der Waals surface area (Å²) in [6, 6.07) is 9.77. The number of ether oxygens (including phenoxy) is 1. The van der Waals surface area contributed by atoms with Crippen LogP contribution in [0.25, 0.3) is 4.96 Å². The summed E-state index contributed by atoms with van der Waals surface area (Å²) in [4.78, 5) is 0.826. The molecule has 0 aliphatic heterocycles. The zero-order valence-corrected chi connectivity index (χ0v) is 12.3. The molecule has 2 aromatic heterocycles. The monoisotopic (exact) mass is 288 g/mol. The van der Waals surface area contributed by atoms with Crippen LogP contribution in [0, 0.1) is 0 Å². The lowest BCUT2D eigenvalue weighted by molar-refractivity contribution is 0.225. The molecule has 3 rings (SSSR count). The predicted molar refractivity (Wildman–Crippen MR) is 78.1 cm³/mol. The molecule has 5 nitrogen and oxygen atoms in total. The summed E-state index contributed by atoms with van der Waals surface area (Å²) in [5.41, 5.74) is 0. The normalized spacial score (nSPS) is 12.7. The summed E-state index contributed by atoms with van der Waals surface area (Å²) >= 11 is 1.52. The van der Waals surface area contributed by atoms with Gasteiger partial charge in [-0.05, 0) is 25.5 Å². The van der Waals surface area contributed by atoms with Gasteiger partial charge in [-0.15, -0.1) is 10.2 Å². The quantitative estimate of drug-likeness (QED) is 0.723. The third-order valence-corrected chi connectivity index (χ3v) is 4.01. The molecule has 20 heavy (non-hydrogen) atoms. The molecular weight excluding hydrogens is 272 g/mol. The lowest BCUT2D eigenvalue weighted by atomic mass is 10.3. The lowest BCUT2D eigenvalue weighted by Crippen LogP contribution is -2.04. The highest BCUT2D eigenvalue weighted by Gasteiger charge is 2.16. The fourth-order valence-electron chi connectivity index (χ4n) is 1.97. The first kappa shape index (κ1) is 13.1. The van der Waals surface area contributed by atoms with E-state index in [-0.39, 0.29) is 6.10 Å². The van der Waals surface area contributed by atoms with Gasteiger partial charge in [0.1, 0.15) is 11.9 Å². The Morgan fingerprint density at radius 3 is 2.80 bits per heavy atom. The zero-order valence-electron chi connectivity index (χ0n) is 11.5. The molecule has 0 spiro atoms. The Bertz CT molecular complexity index is 692. The van der Waals surface area contributed by atoms with E-state index in [4.69, 9.17) is 4.74 Å². The van der Waals surface area contributed by atoms with Crippen molar-refractivity contribution in [3.63, 3.8) is 0 Å². The van der Waals surface area contributed by atoms with E-state index in [0.717, 1.165) is 34.4 Å². The fourth-order valence-corrected chi connectivity index (χ4v) is 2.81. The van der Waals surface area contributed by atoms with Gasteiger partial charge in [-0.3, -0.25) is 0 Å². The summed E-state index contributed by atoms with van der Waals surface area (Å²) in [5, 5.41) is 13.8. The maximum absolute atomic E-state index is 5.89. The lowest BCUT2D eigenvalue weighted by Gasteiger charge is -2.11.